The van der Waals surface area contributed by atoms with Gasteiger partial charge in [-0.05, 0) is 48.9 Å². The summed E-state index contributed by atoms with van der Waals surface area (Å²) in [5.74, 6) is 0.626. The molecule has 0 aromatic heterocycles. The van der Waals surface area contributed by atoms with Crippen LogP contribution >= 0.6 is 0 Å². The predicted molar refractivity (Wildman–Crippen MR) is 112 cm³/mol. The van der Waals surface area contributed by atoms with Crippen LogP contribution in [0.4, 0.5) is 5.69 Å². The molecule has 3 rings (SSSR count). The summed E-state index contributed by atoms with van der Waals surface area (Å²) in [5, 5.41) is 3.91. The van der Waals surface area contributed by atoms with Gasteiger partial charge < -0.3 is 9.64 Å². The zero-order valence-electron chi connectivity index (χ0n) is 16.5. The molecule has 0 atom stereocenters. The van der Waals surface area contributed by atoms with E-state index in [9.17, 15) is 8.42 Å². The van der Waals surface area contributed by atoms with E-state index in [4.69, 9.17) is 4.74 Å². The van der Waals surface area contributed by atoms with E-state index < -0.39 is 10.0 Å². The van der Waals surface area contributed by atoms with E-state index >= 15 is 0 Å². The first kappa shape index (κ1) is 19.9. The number of likely N-dealkylation sites (N-methyl/N-ethyl adjacent to an activating group) is 1. The molecule has 0 aliphatic carbocycles. The highest BCUT2D eigenvalue weighted by atomic mass is 32.2. The molecule has 0 bridgehead atoms. The van der Waals surface area contributed by atoms with Gasteiger partial charge in [0, 0.05) is 30.1 Å². The van der Waals surface area contributed by atoms with Crippen molar-refractivity contribution in [3.63, 3.8) is 0 Å². The first-order chi connectivity index (χ1) is 13.3. The molecule has 6 nitrogen and oxygen atoms in total. The molecule has 1 aliphatic heterocycles. The predicted octanol–water partition coefficient (Wildman–Crippen LogP) is 3.66. The molecule has 0 saturated heterocycles. The van der Waals surface area contributed by atoms with E-state index in [1.54, 1.807) is 12.1 Å². The number of nitrogens with zero attached hydrogens (tertiary/aromatic N) is 2. The lowest BCUT2D eigenvalue weighted by atomic mass is 9.84. The van der Waals surface area contributed by atoms with Crippen LogP contribution in [0.25, 0.3) is 0 Å². The number of hydrogen-bond acceptors (Lipinski definition) is 5. The van der Waals surface area contributed by atoms with E-state index in [1.807, 2.05) is 32.2 Å². The zero-order chi connectivity index (χ0) is 20.4. The van der Waals surface area contributed by atoms with Crippen molar-refractivity contribution in [1.29, 1.82) is 0 Å². The lowest BCUT2D eigenvalue weighted by Gasteiger charge is -2.23. The summed E-state index contributed by atoms with van der Waals surface area (Å²) in [7, 11) is -1.73. The molecule has 2 aromatic carbocycles. The first-order valence-electron chi connectivity index (χ1n) is 9.09. The summed E-state index contributed by atoms with van der Waals surface area (Å²) in [4.78, 5) is 4.48. The molecular formula is C21H25N3O3S. The number of fused-ring (bicyclic) bond motifs is 1. The van der Waals surface area contributed by atoms with Gasteiger partial charge in [-0.25, -0.2) is 4.83 Å². The monoisotopic (exact) mass is 399 g/mol. The van der Waals surface area contributed by atoms with Crippen molar-refractivity contribution in [1.82, 2.24) is 4.83 Å². The minimum absolute atomic E-state index is 0.131. The fourth-order valence-electron chi connectivity index (χ4n) is 3.44. The van der Waals surface area contributed by atoms with Crippen LogP contribution in [0, 0.1) is 0 Å². The SMILES string of the molecule is CCOc1ccc(S(=O)(=O)NN=CC=C2N(C)c3ccccc3C2(C)C)cc1. The Morgan fingerprint density at radius 3 is 2.46 bits per heavy atom. The summed E-state index contributed by atoms with van der Waals surface area (Å²) in [6.45, 7) is 6.67. The van der Waals surface area contributed by atoms with Crippen LogP contribution in [0.15, 0.2) is 70.3 Å². The molecule has 2 aromatic rings. The highest BCUT2D eigenvalue weighted by molar-refractivity contribution is 7.89. The largest absolute Gasteiger partial charge is 0.494 e. The smallest absolute Gasteiger partial charge is 0.276 e. The number of ether oxygens (including phenoxy) is 1. The number of para-hydroxylation sites is 1. The van der Waals surface area contributed by atoms with Crippen LogP contribution in [0.1, 0.15) is 26.3 Å². The minimum atomic E-state index is -3.73. The van der Waals surface area contributed by atoms with Gasteiger partial charge in [0.15, 0.2) is 0 Å². The van der Waals surface area contributed by atoms with Gasteiger partial charge in [0.25, 0.3) is 10.0 Å². The molecule has 0 amide bonds. The number of benzene rings is 2. The van der Waals surface area contributed by atoms with Crippen LogP contribution in [0.3, 0.4) is 0 Å². The fraction of sp³-hybridized carbons (Fsp3) is 0.286. The Morgan fingerprint density at radius 1 is 1.14 bits per heavy atom. The third-order valence-electron chi connectivity index (χ3n) is 4.87. The Hall–Kier alpha value is -2.80. The summed E-state index contributed by atoms with van der Waals surface area (Å²) < 4.78 is 30.1. The molecule has 0 spiro atoms. The highest BCUT2D eigenvalue weighted by Gasteiger charge is 2.37. The lowest BCUT2D eigenvalue weighted by Crippen LogP contribution is -2.23. The average Bonchev–Trinajstić information content (AvgIpc) is 2.86. The molecule has 1 aliphatic rings. The number of sulfonamides is 1. The Morgan fingerprint density at radius 2 is 1.82 bits per heavy atom. The average molecular weight is 400 g/mol. The maximum absolute atomic E-state index is 12.4. The topological polar surface area (TPSA) is 71.0 Å². The number of nitrogens with one attached hydrogen (secondary N) is 1. The quantitative estimate of drug-likeness (QED) is 0.594. The molecule has 148 valence electrons. The number of rotatable bonds is 6. The number of hydrogen-bond donors (Lipinski definition) is 1. The van der Waals surface area contributed by atoms with E-state index in [2.05, 4.69) is 40.8 Å². The van der Waals surface area contributed by atoms with Crippen LogP contribution < -0.4 is 14.5 Å². The third-order valence-corrected chi connectivity index (χ3v) is 6.10. The standard InChI is InChI=1S/C21H25N3O3S/c1-5-27-16-10-12-17(13-11-16)28(25,26)23-22-15-14-20-21(2,3)18-8-6-7-9-19(18)24(20)4/h6-15,23H,5H2,1-4H3. The van der Waals surface area contributed by atoms with Gasteiger partial charge in [0.05, 0.1) is 11.5 Å². The van der Waals surface area contributed by atoms with Gasteiger partial charge in [-0.2, -0.15) is 13.5 Å². The van der Waals surface area contributed by atoms with Gasteiger partial charge in [-0.1, -0.05) is 32.0 Å². The van der Waals surface area contributed by atoms with Crippen molar-refractivity contribution in [2.45, 2.75) is 31.1 Å². The van der Waals surface area contributed by atoms with Crippen molar-refractivity contribution in [3.8, 4) is 5.75 Å². The second-order valence-corrected chi connectivity index (χ2v) is 8.69. The lowest BCUT2D eigenvalue weighted by molar-refractivity contribution is 0.340. The summed E-state index contributed by atoms with van der Waals surface area (Å²) in [6, 6.07) is 14.4. The summed E-state index contributed by atoms with van der Waals surface area (Å²) in [5.41, 5.74) is 3.22. The van der Waals surface area contributed by atoms with Gasteiger partial charge in [-0.15, -0.1) is 0 Å². The maximum atomic E-state index is 12.4. The number of allylic oxidation sites excluding steroid dienone is 2. The molecule has 7 heteroatoms. The van der Waals surface area contributed by atoms with Crippen LogP contribution in [0.2, 0.25) is 0 Å². The molecule has 0 radical (unpaired) electrons. The van der Waals surface area contributed by atoms with E-state index in [-0.39, 0.29) is 10.3 Å². The molecule has 0 unspecified atom stereocenters. The minimum Gasteiger partial charge on any atom is -0.494 e. The maximum Gasteiger partial charge on any atom is 0.276 e. The molecule has 28 heavy (non-hydrogen) atoms. The van der Waals surface area contributed by atoms with Gasteiger partial charge in [0.2, 0.25) is 0 Å². The fourth-order valence-corrected chi connectivity index (χ4v) is 4.24. The molecule has 1 heterocycles. The van der Waals surface area contributed by atoms with Crippen molar-refractivity contribution in [3.05, 3.63) is 65.9 Å². The molecule has 1 N–H and O–H groups in total. The normalized spacial score (nSPS) is 17.1. The number of anilines is 1. The van der Waals surface area contributed by atoms with Gasteiger partial charge in [-0.3, -0.25) is 0 Å². The van der Waals surface area contributed by atoms with Gasteiger partial charge >= 0.3 is 0 Å². The van der Waals surface area contributed by atoms with E-state index in [1.165, 1.54) is 23.9 Å². The Kier molecular flexibility index (Phi) is 5.47. The van der Waals surface area contributed by atoms with Crippen LogP contribution in [-0.4, -0.2) is 28.3 Å². The third kappa shape index (κ3) is 3.75. The molecule has 0 fully saturated rings. The van der Waals surface area contributed by atoms with Crippen molar-refractivity contribution in [2.75, 3.05) is 18.6 Å². The van der Waals surface area contributed by atoms with Crippen LogP contribution in [-0.2, 0) is 15.4 Å². The van der Waals surface area contributed by atoms with Crippen molar-refractivity contribution < 1.29 is 13.2 Å². The van der Waals surface area contributed by atoms with Crippen molar-refractivity contribution >= 4 is 21.9 Å². The van der Waals surface area contributed by atoms with Gasteiger partial charge in [0.1, 0.15) is 5.75 Å². The summed E-state index contributed by atoms with van der Waals surface area (Å²) in [6.07, 6.45) is 3.31. The van der Waals surface area contributed by atoms with E-state index in [0.29, 0.717) is 12.4 Å². The van der Waals surface area contributed by atoms with Crippen molar-refractivity contribution in [2.24, 2.45) is 5.10 Å². The Labute approximate surface area is 166 Å². The second kappa shape index (κ2) is 7.67. The zero-order valence-corrected chi connectivity index (χ0v) is 17.3. The number of hydrazone groups is 1. The second-order valence-electron chi connectivity index (χ2n) is 7.03. The Bertz CT molecular complexity index is 1010. The summed E-state index contributed by atoms with van der Waals surface area (Å²) >= 11 is 0. The van der Waals surface area contributed by atoms with Crippen LogP contribution in [0.5, 0.6) is 5.75 Å². The highest BCUT2D eigenvalue weighted by Crippen LogP contribution is 2.46. The first-order valence-corrected chi connectivity index (χ1v) is 10.6. The molecular weight excluding hydrogens is 374 g/mol. The Balaban J connectivity index is 1.74. The van der Waals surface area contributed by atoms with E-state index in [0.717, 1.165) is 11.4 Å². The molecule has 0 saturated carbocycles.